The number of benzene rings is 1. The molecule has 0 atom stereocenters. The lowest BCUT2D eigenvalue weighted by atomic mass is 9.98. The van der Waals surface area contributed by atoms with Crippen LogP contribution in [0.1, 0.15) is 11.3 Å². The lowest BCUT2D eigenvalue weighted by Crippen LogP contribution is -2.47. The first kappa shape index (κ1) is 19.4. The van der Waals surface area contributed by atoms with E-state index in [1.54, 1.807) is 18.5 Å². The minimum absolute atomic E-state index is 0.178. The number of halogens is 3. The van der Waals surface area contributed by atoms with Crippen LogP contribution >= 0.6 is 0 Å². The molecule has 4 rings (SSSR count). The predicted molar refractivity (Wildman–Crippen MR) is 102 cm³/mol. The summed E-state index contributed by atoms with van der Waals surface area (Å²) in [5, 5.41) is 0. The number of pyridine rings is 1. The smallest absolute Gasteiger partial charge is 0.406 e. The van der Waals surface area contributed by atoms with Crippen molar-refractivity contribution in [1.82, 2.24) is 19.4 Å². The van der Waals surface area contributed by atoms with Crippen LogP contribution in [-0.4, -0.2) is 38.9 Å². The maximum absolute atomic E-state index is 12.4. The molecule has 3 aromatic rings. The van der Waals surface area contributed by atoms with Crippen LogP contribution in [0.4, 0.5) is 13.2 Å². The number of hydrogen-bond donors (Lipinski definition) is 0. The van der Waals surface area contributed by atoms with Gasteiger partial charge in [-0.3, -0.25) is 9.88 Å². The number of alkyl halides is 3. The molecule has 0 N–H and O–H groups in total. The number of nitrogens with zero attached hydrogens (tertiary/aromatic N) is 4. The Bertz CT molecular complexity index is 966. The zero-order valence-corrected chi connectivity index (χ0v) is 15.9. The third kappa shape index (κ3) is 4.76. The van der Waals surface area contributed by atoms with Crippen molar-refractivity contribution in [3.63, 3.8) is 0 Å². The normalized spacial score (nSPS) is 15.3. The molecule has 1 saturated heterocycles. The van der Waals surface area contributed by atoms with Crippen molar-refractivity contribution in [2.45, 2.75) is 26.4 Å². The van der Waals surface area contributed by atoms with Crippen LogP contribution in [0.25, 0.3) is 11.4 Å². The molecule has 152 valence electrons. The van der Waals surface area contributed by atoms with Crippen LogP contribution in [0.2, 0.25) is 0 Å². The fourth-order valence-corrected chi connectivity index (χ4v) is 3.70. The first-order valence-electron chi connectivity index (χ1n) is 9.37. The van der Waals surface area contributed by atoms with Crippen molar-refractivity contribution in [1.29, 1.82) is 0 Å². The van der Waals surface area contributed by atoms with Crippen molar-refractivity contribution in [2.75, 3.05) is 13.1 Å². The van der Waals surface area contributed by atoms with Gasteiger partial charge in [0.05, 0.1) is 0 Å². The van der Waals surface area contributed by atoms with Crippen LogP contribution < -0.4 is 4.74 Å². The summed E-state index contributed by atoms with van der Waals surface area (Å²) in [6.07, 6.45) is 0.713. The lowest BCUT2D eigenvalue weighted by molar-refractivity contribution is -0.274. The molecule has 0 spiro atoms. The highest BCUT2D eigenvalue weighted by molar-refractivity contribution is 5.55. The van der Waals surface area contributed by atoms with E-state index in [1.807, 2.05) is 31.3 Å². The minimum atomic E-state index is -4.67. The Morgan fingerprint density at radius 2 is 1.90 bits per heavy atom. The summed E-state index contributed by atoms with van der Waals surface area (Å²) in [5.74, 6) is 1.22. The van der Waals surface area contributed by atoms with E-state index in [0.29, 0.717) is 12.5 Å². The minimum Gasteiger partial charge on any atom is -0.406 e. The zero-order chi connectivity index (χ0) is 20.4. The van der Waals surface area contributed by atoms with Gasteiger partial charge in [-0.15, -0.1) is 13.2 Å². The molecule has 29 heavy (non-hydrogen) atoms. The van der Waals surface area contributed by atoms with E-state index in [-0.39, 0.29) is 5.75 Å². The highest BCUT2D eigenvalue weighted by Crippen LogP contribution is 2.27. The Morgan fingerprint density at radius 3 is 2.62 bits per heavy atom. The molecule has 0 bridgehead atoms. The Kier molecular flexibility index (Phi) is 5.27. The Morgan fingerprint density at radius 1 is 1.14 bits per heavy atom. The number of likely N-dealkylation sites (tertiary alicyclic amines) is 1. The molecular weight excluding hydrogens is 381 g/mol. The summed E-state index contributed by atoms with van der Waals surface area (Å²) < 4.78 is 43.4. The second kappa shape index (κ2) is 7.87. The van der Waals surface area contributed by atoms with Crippen molar-refractivity contribution < 1.29 is 17.9 Å². The molecule has 5 nitrogen and oxygen atoms in total. The second-order valence-electron chi connectivity index (χ2n) is 7.32. The van der Waals surface area contributed by atoms with Crippen LogP contribution in [-0.2, 0) is 13.1 Å². The van der Waals surface area contributed by atoms with E-state index in [2.05, 4.69) is 24.2 Å². The SMILES string of the molecule is Cc1cnc(-c2ccncc2)n1CC1CN(Cc2cccc(OC(F)(F)F)c2)C1. The van der Waals surface area contributed by atoms with Gasteiger partial charge in [0, 0.05) is 61.9 Å². The van der Waals surface area contributed by atoms with E-state index in [1.165, 1.54) is 12.1 Å². The molecular formula is C21H21F3N4O. The van der Waals surface area contributed by atoms with Crippen LogP contribution in [0.5, 0.6) is 5.75 Å². The molecule has 3 heterocycles. The van der Waals surface area contributed by atoms with Crippen LogP contribution in [0, 0.1) is 12.8 Å². The van der Waals surface area contributed by atoms with Crippen molar-refractivity contribution in [3.05, 3.63) is 66.2 Å². The van der Waals surface area contributed by atoms with Gasteiger partial charge in [0.1, 0.15) is 11.6 Å². The summed E-state index contributed by atoms with van der Waals surface area (Å²) in [5.41, 5.74) is 2.94. The molecule has 0 unspecified atom stereocenters. The van der Waals surface area contributed by atoms with Crippen LogP contribution in [0.15, 0.2) is 55.0 Å². The van der Waals surface area contributed by atoms with E-state index in [4.69, 9.17) is 0 Å². The van der Waals surface area contributed by atoms with Gasteiger partial charge < -0.3 is 9.30 Å². The number of imidazole rings is 1. The lowest BCUT2D eigenvalue weighted by Gasteiger charge is -2.40. The Labute approximate surface area is 166 Å². The average Bonchev–Trinajstić information content (AvgIpc) is 3.00. The topological polar surface area (TPSA) is 43.2 Å². The monoisotopic (exact) mass is 402 g/mol. The quantitative estimate of drug-likeness (QED) is 0.617. The summed E-state index contributed by atoms with van der Waals surface area (Å²) in [7, 11) is 0. The first-order chi connectivity index (χ1) is 13.9. The molecule has 8 heteroatoms. The van der Waals surface area contributed by atoms with Crippen molar-refractivity contribution in [2.24, 2.45) is 5.92 Å². The van der Waals surface area contributed by atoms with E-state index < -0.39 is 6.36 Å². The summed E-state index contributed by atoms with van der Waals surface area (Å²) in [4.78, 5) is 10.8. The largest absolute Gasteiger partial charge is 0.573 e. The highest BCUT2D eigenvalue weighted by atomic mass is 19.4. The maximum Gasteiger partial charge on any atom is 0.573 e. The van der Waals surface area contributed by atoms with Crippen molar-refractivity contribution >= 4 is 0 Å². The fraction of sp³-hybridized carbons (Fsp3) is 0.333. The molecule has 0 aliphatic carbocycles. The third-order valence-corrected chi connectivity index (χ3v) is 5.01. The highest BCUT2D eigenvalue weighted by Gasteiger charge is 2.31. The van der Waals surface area contributed by atoms with Gasteiger partial charge in [0.25, 0.3) is 0 Å². The van der Waals surface area contributed by atoms with Crippen molar-refractivity contribution in [3.8, 4) is 17.1 Å². The molecule has 1 aliphatic heterocycles. The van der Waals surface area contributed by atoms with Gasteiger partial charge in [-0.05, 0) is 36.8 Å². The molecule has 2 aromatic heterocycles. The van der Waals surface area contributed by atoms with E-state index in [9.17, 15) is 13.2 Å². The summed E-state index contributed by atoms with van der Waals surface area (Å²) >= 11 is 0. The van der Waals surface area contributed by atoms with Gasteiger partial charge in [0.15, 0.2) is 0 Å². The van der Waals surface area contributed by atoms with Gasteiger partial charge >= 0.3 is 6.36 Å². The number of ether oxygens (including phenoxy) is 1. The molecule has 1 fully saturated rings. The second-order valence-corrected chi connectivity index (χ2v) is 7.32. The van der Waals surface area contributed by atoms with E-state index in [0.717, 1.165) is 42.3 Å². The molecule has 0 saturated carbocycles. The number of aromatic nitrogens is 3. The Balaban J connectivity index is 1.35. The summed E-state index contributed by atoms with van der Waals surface area (Å²) in [6, 6.07) is 10.1. The maximum atomic E-state index is 12.4. The van der Waals surface area contributed by atoms with Gasteiger partial charge in [0.2, 0.25) is 0 Å². The van der Waals surface area contributed by atoms with Gasteiger partial charge in [-0.25, -0.2) is 4.98 Å². The molecule has 0 amide bonds. The van der Waals surface area contributed by atoms with Crippen LogP contribution in [0.3, 0.4) is 0 Å². The first-order valence-corrected chi connectivity index (χ1v) is 9.37. The number of rotatable bonds is 6. The number of aryl methyl sites for hydroxylation is 1. The fourth-order valence-electron chi connectivity index (χ4n) is 3.70. The third-order valence-electron chi connectivity index (χ3n) is 5.01. The van der Waals surface area contributed by atoms with E-state index >= 15 is 0 Å². The molecule has 0 radical (unpaired) electrons. The summed E-state index contributed by atoms with van der Waals surface area (Å²) in [6.45, 7) is 5.28. The molecule has 1 aromatic carbocycles. The number of hydrogen-bond acceptors (Lipinski definition) is 4. The predicted octanol–water partition coefficient (Wildman–Crippen LogP) is 4.28. The average molecular weight is 402 g/mol. The molecule has 1 aliphatic rings. The van der Waals surface area contributed by atoms with Gasteiger partial charge in [-0.1, -0.05) is 12.1 Å². The standard InChI is InChI=1S/C21H21F3N4O/c1-15-10-26-20(18-5-7-25-8-6-18)28(15)14-17-12-27(13-17)11-16-3-2-4-19(9-16)29-21(22,23)24/h2-10,17H,11-14H2,1H3. The Hall–Kier alpha value is -2.87. The zero-order valence-electron chi connectivity index (χ0n) is 15.9. The van der Waals surface area contributed by atoms with Gasteiger partial charge in [-0.2, -0.15) is 0 Å².